The Bertz CT molecular complexity index is 360. The SMILES string of the molecule is CC1=C(C)N(CC(=O)N2CC(C)OC(C)C2)CS1. The number of morpholine rings is 1. The van der Waals surface area contributed by atoms with E-state index in [1.54, 1.807) is 0 Å². The highest BCUT2D eigenvalue weighted by atomic mass is 32.2. The van der Waals surface area contributed by atoms with Gasteiger partial charge < -0.3 is 14.5 Å². The number of hydrogen-bond acceptors (Lipinski definition) is 4. The predicted molar refractivity (Wildman–Crippen MR) is 74.1 cm³/mol. The van der Waals surface area contributed by atoms with Crippen LogP contribution in [0.1, 0.15) is 27.7 Å². The number of carbonyl (C=O) groups is 1. The summed E-state index contributed by atoms with van der Waals surface area (Å²) in [6.07, 6.45) is 0.285. The lowest BCUT2D eigenvalue weighted by Gasteiger charge is -2.36. The summed E-state index contributed by atoms with van der Waals surface area (Å²) in [6, 6.07) is 0. The molecule has 102 valence electrons. The molecule has 4 nitrogen and oxygen atoms in total. The van der Waals surface area contributed by atoms with Crippen LogP contribution in [-0.2, 0) is 9.53 Å². The lowest BCUT2D eigenvalue weighted by atomic mass is 10.2. The third kappa shape index (κ3) is 3.01. The van der Waals surface area contributed by atoms with Gasteiger partial charge in [-0.15, -0.1) is 11.8 Å². The Balaban J connectivity index is 1.92. The summed E-state index contributed by atoms with van der Waals surface area (Å²) in [5.41, 5.74) is 1.24. The average Bonchev–Trinajstić information content (AvgIpc) is 2.59. The van der Waals surface area contributed by atoms with E-state index in [0.717, 1.165) is 5.88 Å². The van der Waals surface area contributed by atoms with Gasteiger partial charge in [-0.25, -0.2) is 0 Å². The van der Waals surface area contributed by atoms with Crippen molar-refractivity contribution in [1.82, 2.24) is 9.80 Å². The molecule has 1 amide bonds. The van der Waals surface area contributed by atoms with E-state index in [1.807, 2.05) is 30.5 Å². The fourth-order valence-electron chi connectivity index (χ4n) is 2.41. The zero-order valence-electron chi connectivity index (χ0n) is 11.6. The van der Waals surface area contributed by atoms with Gasteiger partial charge in [0.1, 0.15) is 0 Å². The lowest BCUT2D eigenvalue weighted by molar-refractivity contribution is -0.143. The van der Waals surface area contributed by atoms with Crippen LogP contribution in [0.15, 0.2) is 10.6 Å². The van der Waals surface area contributed by atoms with Gasteiger partial charge in [-0.05, 0) is 27.7 Å². The molecule has 2 rings (SSSR count). The highest BCUT2D eigenvalue weighted by molar-refractivity contribution is 8.03. The van der Waals surface area contributed by atoms with Gasteiger partial charge in [-0.1, -0.05) is 0 Å². The smallest absolute Gasteiger partial charge is 0.242 e. The Labute approximate surface area is 113 Å². The summed E-state index contributed by atoms with van der Waals surface area (Å²) in [5, 5.41) is 0. The third-order valence-corrected chi connectivity index (χ3v) is 4.69. The summed E-state index contributed by atoms with van der Waals surface area (Å²) in [4.78, 5) is 17.7. The first kappa shape index (κ1) is 13.7. The number of ether oxygens (including phenoxy) is 1. The highest BCUT2D eigenvalue weighted by Crippen LogP contribution is 2.30. The van der Waals surface area contributed by atoms with Crippen molar-refractivity contribution in [2.24, 2.45) is 0 Å². The second kappa shape index (κ2) is 5.53. The molecule has 0 aromatic heterocycles. The molecule has 0 bridgehead atoms. The molecular weight excluding hydrogens is 248 g/mol. The van der Waals surface area contributed by atoms with Crippen molar-refractivity contribution >= 4 is 17.7 Å². The van der Waals surface area contributed by atoms with Gasteiger partial charge in [0.25, 0.3) is 0 Å². The van der Waals surface area contributed by atoms with Crippen LogP contribution in [0.3, 0.4) is 0 Å². The Kier molecular flexibility index (Phi) is 4.22. The maximum absolute atomic E-state index is 12.3. The molecule has 2 unspecified atom stereocenters. The number of thioether (sulfide) groups is 1. The van der Waals surface area contributed by atoms with Crippen molar-refractivity contribution in [1.29, 1.82) is 0 Å². The van der Waals surface area contributed by atoms with Crippen molar-refractivity contribution in [3.63, 3.8) is 0 Å². The van der Waals surface area contributed by atoms with Crippen molar-refractivity contribution in [3.8, 4) is 0 Å². The Morgan fingerprint density at radius 2 is 1.94 bits per heavy atom. The number of rotatable bonds is 2. The fraction of sp³-hybridized carbons (Fsp3) is 0.769. The van der Waals surface area contributed by atoms with Crippen LogP contribution in [0.25, 0.3) is 0 Å². The van der Waals surface area contributed by atoms with Crippen molar-refractivity contribution < 1.29 is 9.53 Å². The molecular formula is C13H22N2O2S. The molecule has 2 aliphatic rings. The van der Waals surface area contributed by atoms with Gasteiger partial charge in [0.15, 0.2) is 0 Å². The minimum atomic E-state index is 0.143. The van der Waals surface area contributed by atoms with E-state index < -0.39 is 0 Å². The molecule has 1 fully saturated rings. The van der Waals surface area contributed by atoms with Crippen LogP contribution < -0.4 is 0 Å². The maximum atomic E-state index is 12.3. The lowest BCUT2D eigenvalue weighted by Crippen LogP contribution is -2.50. The number of nitrogens with zero attached hydrogens (tertiary/aromatic N) is 2. The summed E-state index contributed by atoms with van der Waals surface area (Å²) < 4.78 is 5.65. The van der Waals surface area contributed by atoms with Crippen LogP contribution in [0.2, 0.25) is 0 Å². The van der Waals surface area contributed by atoms with E-state index in [9.17, 15) is 4.79 Å². The normalized spacial score (nSPS) is 29.1. The molecule has 0 aliphatic carbocycles. The van der Waals surface area contributed by atoms with Gasteiger partial charge >= 0.3 is 0 Å². The number of hydrogen-bond donors (Lipinski definition) is 0. The molecule has 2 aliphatic heterocycles. The minimum Gasteiger partial charge on any atom is -0.372 e. The van der Waals surface area contributed by atoms with Crippen molar-refractivity contribution in [2.75, 3.05) is 25.5 Å². The monoisotopic (exact) mass is 270 g/mol. The molecule has 0 saturated carbocycles. The van der Waals surface area contributed by atoms with Crippen LogP contribution >= 0.6 is 11.8 Å². The zero-order valence-corrected chi connectivity index (χ0v) is 12.4. The van der Waals surface area contributed by atoms with Gasteiger partial charge in [0, 0.05) is 23.7 Å². The predicted octanol–water partition coefficient (Wildman–Crippen LogP) is 1.88. The molecule has 0 N–H and O–H groups in total. The molecule has 0 aromatic carbocycles. The molecule has 0 radical (unpaired) electrons. The number of amides is 1. The largest absolute Gasteiger partial charge is 0.372 e. The van der Waals surface area contributed by atoms with E-state index >= 15 is 0 Å². The van der Waals surface area contributed by atoms with Gasteiger partial charge in [-0.2, -0.15) is 0 Å². The van der Waals surface area contributed by atoms with Crippen LogP contribution in [0.4, 0.5) is 0 Å². The molecule has 0 aromatic rings. The summed E-state index contributed by atoms with van der Waals surface area (Å²) in [6.45, 7) is 10.2. The van der Waals surface area contributed by atoms with E-state index in [4.69, 9.17) is 4.74 Å². The van der Waals surface area contributed by atoms with Gasteiger partial charge in [0.2, 0.25) is 5.91 Å². The highest BCUT2D eigenvalue weighted by Gasteiger charge is 2.28. The van der Waals surface area contributed by atoms with E-state index in [-0.39, 0.29) is 18.1 Å². The van der Waals surface area contributed by atoms with Crippen molar-refractivity contribution in [2.45, 2.75) is 39.9 Å². The Morgan fingerprint density at radius 3 is 2.44 bits per heavy atom. The fourth-order valence-corrected chi connectivity index (χ4v) is 3.38. The van der Waals surface area contributed by atoms with Crippen LogP contribution in [-0.4, -0.2) is 53.4 Å². The first-order valence-electron chi connectivity index (χ1n) is 6.46. The standard InChI is InChI=1S/C13H22N2O2S/c1-9-5-14(6-10(2)17-9)13(16)7-15-8-18-12(4)11(15)3/h9-10H,5-8H2,1-4H3. The van der Waals surface area contributed by atoms with E-state index in [1.165, 1.54) is 10.6 Å². The molecule has 2 heterocycles. The van der Waals surface area contributed by atoms with E-state index in [2.05, 4.69) is 18.7 Å². The second-order valence-electron chi connectivity index (χ2n) is 5.17. The van der Waals surface area contributed by atoms with Crippen LogP contribution in [0, 0.1) is 0 Å². The molecule has 18 heavy (non-hydrogen) atoms. The number of allylic oxidation sites excluding steroid dienone is 2. The zero-order chi connectivity index (χ0) is 13.3. The first-order chi connectivity index (χ1) is 8.47. The quantitative estimate of drug-likeness (QED) is 0.767. The van der Waals surface area contributed by atoms with Gasteiger partial charge in [0.05, 0.1) is 24.6 Å². The van der Waals surface area contributed by atoms with Crippen molar-refractivity contribution in [3.05, 3.63) is 10.6 Å². The topological polar surface area (TPSA) is 32.8 Å². The summed E-state index contributed by atoms with van der Waals surface area (Å²) in [5.74, 6) is 1.12. The van der Waals surface area contributed by atoms with E-state index in [0.29, 0.717) is 19.6 Å². The summed E-state index contributed by atoms with van der Waals surface area (Å²) >= 11 is 1.81. The summed E-state index contributed by atoms with van der Waals surface area (Å²) in [7, 11) is 0. The molecule has 5 heteroatoms. The molecule has 0 spiro atoms. The average molecular weight is 270 g/mol. The first-order valence-corrected chi connectivity index (χ1v) is 7.44. The van der Waals surface area contributed by atoms with Crippen LogP contribution in [0.5, 0.6) is 0 Å². The van der Waals surface area contributed by atoms with Gasteiger partial charge in [-0.3, -0.25) is 4.79 Å². The minimum absolute atomic E-state index is 0.143. The third-order valence-electron chi connectivity index (χ3n) is 3.52. The Hall–Kier alpha value is -0.680. The Morgan fingerprint density at radius 1 is 1.33 bits per heavy atom. The maximum Gasteiger partial charge on any atom is 0.242 e. The molecule has 2 atom stereocenters. The second-order valence-corrected chi connectivity index (χ2v) is 6.33. The molecule has 1 saturated heterocycles. The number of carbonyl (C=O) groups excluding carboxylic acids is 1.